The van der Waals surface area contributed by atoms with Crippen LogP contribution in [0.4, 0.5) is 0 Å². The number of pyridine rings is 1. The summed E-state index contributed by atoms with van der Waals surface area (Å²) in [6.07, 6.45) is 14.1. The molecule has 0 aliphatic carbocycles. The summed E-state index contributed by atoms with van der Waals surface area (Å²) >= 11 is 0. The fraction of sp³-hybridized carbons (Fsp3) is 0.300. The lowest BCUT2D eigenvalue weighted by Gasteiger charge is -2.19. The van der Waals surface area contributed by atoms with Gasteiger partial charge in [0.25, 0.3) is 0 Å². The van der Waals surface area contributed by atoms with Gasteiger partial charge in [-0.05, 0) is 110 Å². The molecule has 2 aliphatic rings. The minimum absolute atomic E-state index is 0.470. The molecule has 0 saturated heterocycles. The van der Waals surface area contributed by atoms with Crippen LogP contribution in [0.3, 0.4) is 0 Å². The van der Waals surface area contributed by atoms with Crippen molar-refractivity contribution in [2.24, 2.45) is 0 Å². The van der Waals surface area contributed by atoms with Crippen LogP contribution in [-0.4, -0.2) is 17.1 Å². The smallest absolute Gasteiger partial charge is 0.0870 e. The molecule has 3 nitrogen and oxygen atoms in total. The van der Waals surface area contributed by atoms with E-state index in [0.717, 1.165) is 46.8 Å². The van der Waals surface area contributed by atoms with Crippen molar-refractivity contribution in [3.05, 3.63) is 99.4 Å². The normalized spacial score (nSPS) is 22.1. The quantitative estimate of drug-likeness (QED) is 0.708. The molecule has 4 rings (SSSR count). The molecule has 3 heterocycles. The number of aryl methyl sites for hydroxylation is 1. The van der Waals surface area contributed by atoms with E-state index in [4.69, 9.17) is 4.98 Å². The van der Waals surface area contributed by atoms with Crippen molar-refractivity contribution < 1.29 is 0 Å². The zero-order valence-corrected chi connectivity index (χ0v) is 20.3. The third-order valence-electron chi connectivity index (χ3n) is 6.41. The van der Waals surface area contributed by atoms with Crippen LogP contribution in [-0.2, 0) is 0 Å². The number of nitrogens with zero attached hydrogens (tertiary/aromatic N) is 1. The standard InChI is InChI=1S/C30H35N3/c1-6-24(25-15-13-22(4)32-23(5)17-25)18-27-19-26(14-12-20(27)2)28-10-8-16-31-30(28)29-11-7-9-21(3)33-29/h6-9,11-12,14-16,18-19,22-23,31-32H,2,10,13,17H2,1,3-5H3/b24-6+,27-18-/t22-,23+/m1/s1. The monoisotopic (exact) mass is 437 g/mol. The van der Waals surface area contributed by atoms with Gasteiger partial charge in [-0.1, -0.05) is 43.0 Å². The molecular formula is C30H35N3. The molecule has 0 unspecified atom stereocenters. The minimum atomic E-state index is 0.470. The molecule has 0 bridgehead atoms. The largest absolute Gasteiger partial charge is 0.360 e. The zero-order valence-electron chi connectivity index (χ0n) is 20.3. The average Bonchev–Trinajstić information content (AvgIpc) is 2.98. The maximum atomic E-state index is 4.76. The van der Waals surface area contributed by atoms with Crippen LogP contribution in [0.1, 0.15) is 57.0 Å². The van der Waals surface area contributed by atoms with Crippen molar-refractivity contribution in [2.45, 2.75) is 59.0 Å². The molecule has 1 aromatic heterocycles. The molecule has 1 aromatic carbocycles. The molecule has 2 aliphatic heterocycles. The van der Waals surface area contributed by atoms with Gasteiger partial charge in [0.05, 0.1) is 11.4 Å². The van der Waals surface area contributed by atoms with Crippen molar-refractivity contribution in [3.8, 4) is 0 Å². The van der Waals surface area contributed by atoms with Gasteiger partial charge in [-0.15, -0.1) is 0 Å². The number of allylic oxidation sites excluding steroid dienone is 4. The Labute approximate surface area is 198 Å². The van der Waals surface area contributed by atoms with E-state index in [1.54, 1.807) is 0 Å². The van der Waals surface area contributed by atoms with Crippen LogP contribution in [0.5, 0.6) is 0 Å². The van der Waals surface area contributed by atoms with E-state index in [0.29, 0.717) is 12.1 Å². The second-order valence-electron chi connectivity index (χ2n) is 9.21. The molecule has 2 aromatic rings. The van der Waals surface area contributed by atoms with Crippen molar-refractivity contribution in [1.29, 1.82) is 0 Å². The van der Waals surface area contributed by atoms with Gasteiger partial charge in [-0.2, -0.15) is 0 Å². The summed E-state index contributed by atoms with van der Waals surface area (Å²) in [5.74, 6) is 0. The van der Waals surface area contributed by atoms with Gasteiger partial charge in [0.1, 0.15) is 0 Å². The topological polar surface area (TPSA) is 37.0 Å². The van der Waals surface area contributed by atoms with Crippen LogP contribution in [0.15, 0.2) is 72.0 Å². The molecule has 0 fully saturated rings. The van der Waals surface area contributed by atoms with Crippen LogP contribution in [0.25, 0.3) is 23.9 Å². The van der Waals surface area contributed by atoms with E-state index in [-0.39, 0.29) is 0 Å². The number of dihydropyridines is 1. The van der Waals surface area contributed by atoms with E-state index in [1.165, 1.54) is 22.3 Å². The molecular weight excluding hydrogens is 402 g/mol. The van der Waals surface area contributed by atoms with Gasteiger partial charge < -0.3 is 10.6 Å². The zero-order chi connectivity index (χ0) is 23.4. The Morgan fingerprint density at radius 3 is 2.79 bits per heavy atom. The minimum Gasteiger partial charge on any atom is -0.360 e. The Kier molecular flexibility index (Phi) is 7.10. The first-order chi connectivity index (χ1) is 15.9. The molecule has 3 heteroatoms. The summed E-state index contributed by atoms with van der Waals surface area (Å²) in [7, 11) is 0. The number of rotatable bonds is 4. The third kappa shape index (κ3) is 5.43. The van der Waals surface area contributed by atoms with Crippen LogP contribution in [0, 0.1) is 6.92 Å². The molecule has 2 N–H and O–H groups in total. The molecule has 33 heavy (non-hydrogen) atoms. The summed E-state index contributed by atoms with van der Waals surface area (Å²) in [5, 5.41) is 9.33. The summed E-state index contributed by atoms with van der Waals surface area (Å²) in [4.78, 5) is 4.76. The van der Waals surface area contributed by atoms with E-state index in [9.17, 15) is 0 Å². The number of hydrogen-bond acceptors (Lipinski definition) is 3. The Morgan fingerprint density at radius 1 is 1.15 bits per heavy atom. The SMILES string of the molecule is C=c1ccc(C2=C(c3cccc(C)n3)NC=CC2)c/c1=C/C(=C\C)C1=CC[C@@H](C)N[C@@H](C)C1. The molecule has 2 atom stereocenters. The number of hydrogen-bond donors (Lipinski definition) is 2. The summed E-state index contributed by atoms with van der Waals surface area (Å²) < 4.78 is 0. The van der Waals surface area contributed by atoms with Gasteiger partial charge in [-0.3, -0.25) is 4.98 Å². The highest BCUT2D eigenvalue weighted by Crippen LogP contribution is 2.29. The second-order valence-corrected chi connectivity index (χ2v) is 9.21. The van der Waals surface area contributed by atoms with E-state index >= 15 is 0 Å². The van der Waals surface area contributed by atoms with Gasteiger partial charge in [0.2, 0.25) is 0 Å². The summed E-state index contributed by atoms with van der Waals surface area (Å²) in [6, 6.07) is 13.7. The third-order valence-corrected chi connectivity index (χ3v) is 6.41. The second kappa shape index (κ2) is 10.2. The highest BCUT2D eigenvalue weighted by atomic mass is 14.9. The van der Waals surface area contributed by atoms with Gasteiger partial charge in [-0.25, -0.2) is 0 Å². The lowest BCUT2D eigenvalue weighted by Crippen LogP contribution is -2.32. The van der Waals surface area contributed by atoms with E-state index in [1.807, 2.05) is 19.2 Å². The lowest BCUT2D eigenvalue weighted by molar-refractivity contribution is 0.481. The summed E-state index contributed by atoms with van der Waals surface area (Å²) in [5.41, 5.74) is 8.24. The molecule has 0 amide bonds. The maximum absolute atomic E-state index is 4.76. The van der Waals surface area contributed by atoms with Crippen LogP contribution >= 0.6 is 0 Å². The predicted molar refractivity (Wildman–Crippen MR) is 141 cm³/mol. The van der Waals surface area contributed by atoms with Gasteiger partial charge in [0, 0.05) is 17.8 Å². The highest BCUT2D eigenvalue weighted by molar-refractivity contribution is 5.90. The molecule has 170 valence electrons. The van der Waals surface area contributed by atoms with Crippen molar-refractivity contribution in [1.82, 2.24) is 15.6 Å². The number of aromatic nitrogens is 1. The first-order valence-electron chi connectivity index (χ1n) is 12.0. The van der Waals surface area contributed by atoms with Crippen LogP contribution < -0.4 is 21.1 Å². The Morgan fingerprint density at radius 2 is 2.00 bits per heavy atom. The van der Waals surface area contributed by atoms with Gasteiger partial charge >= 0.3 is 0 Å². The summed E-state index contributed by atoms with van der Waals surface area (Å²) in [6.45, 7) is 13.0. The van der Waals surface area contributed by atoms with E-state index < -0.39 is 0 Å². The first kappa shape index (κ1) is 23.0. The Bertz CT molecular complexity index is 1260. The highest BCUT2D eigenvalue weighted by Gasteiger charge is 2.16. The fourth-order valence-electron chi connectivity index (χ4n) is 4.71. The number of benzene rings is 1. The van der Waals surface area contributed by atoms with E-state index in [2.05, 4.69) is 92.6 Å². The predicted octanol–water partition coefficient (Wildman–Crippen LogP) is 4.99. The fourth-order valence-corrected chi connectivity index (χ4v) is 4.71. The molecule has 0 radical (unpaired) electrons. The van der Waals surface area contributed by atoms with Crippen LogP contribution in [0.2, 0.25) is 0 Å². The van der Waals surface area contributed by atoms with Crippen molar-refractivity contribution in [3.63, 3.8) is 0 Å². The Hall–Kier alpha value is -3.17. The van der Waals surface area contributed by atoms with Crippen molar-refractivity contribution >= 4 is 23.9 Å². The molecule has 0 spiro atoms. The number of nitrogens with one attached hydrogen (secondary N) is 2. The average molecular weight is 438 g/mol. The first-order valence-corrected chi connectivity index (χ1v) is 12.0. The Balaban J connectivity index is 1.77. The lowest BCUT2D eigenvalue weighted by atomic mass is 9.94. The molecule has 0 saturated carbocycles. The maximum Gasteiger partial charge on any atom is 0.0870 e. The van der Waals surface area contributed by atoms with Crippen molar-refractivity contribution in [2.75, 3.05) is 0 Å². The van der Waals surface area contributed by atoms with Gasteiger partial charge in [0.15, 0.2) is 0 Å².